The lowest BCUT2D eigenvalue weighted by molar-refractivity contribution is -0.141. The van der Waals surface area contributed by atoms with Crippen molar-refractivity contribution >= 4 is 5.91 Å². The number of piperazine rings is 1. The van der Waals surface area contributed by atoms with Crippen molar-refractivity contribution < 1.29 is 14.6 Å². The summed E-state index contributed by atoms with van der Waals surface area (Å²) >= 11 is 0. The molecule has 2 aliphatic heterocycles. The molecule has 0 aliphatic carbocycles. The average molecular weight is 347 g/mol. The van der Waals surface area contributed by atoms with Gasteiger partial charge in [0, 0.05) is 45.8 Å². The minimum atomic E-state index is -0.458. The number of amides is 1. The van der Waals surface area contributed by atoms with Gasteiger partial charge in [-0.15, -0.1) is 0 Å². The highest BCUT2D eigenvalue weighted by Gasteiger charge is 2.29. The number of hydrogen-bond acceptors (Lipinski definition) is 5. The summed E-state index contributed by atoms with van der Waals surface area (Å²) < 4.78 is 5.32. The summed E-state index contributed by atoms with van der Waals surface area (Å²) in [5.74, 6) is 0.209. The number of rotatable bonds is 5. The Morgan fingerprint density at radius 3 is 2.36 bits per heavy atom. The lowest BCUT2D eigenvalue weighted by Crippen LogP contribution is -2.56. The highest BCUT2D eigenvalue weighted by molar-refractivity contribution is 5.81. The molecular formula is C19H29N3O3. The zero-order valence-corrected chi connectivity index (χ0v) is 15.0. The number of morpholine rings is 1. The van der Waals surface area contributed by atoms with Crippen LogP contribution in [-0.2, 0) is 9.53 Å². The monoisotopic (exact) mass is 347 g/mol. The van der Waals surface area contributed by atoms with Gasteiger partial charge >= 0.3 is 0 Å². The van der Waals surface area contributed by atoms with Crippen molar-refractivity contribution in [2.24, 2.45) is 0 Å². The van der Waals surface area contributed by atoms with E-state index in [2.05, 4.69) is 9.80 Å². The van der Waals surface area contributed by atoms with Crippen LogP contribution in [0.15, 0.2) is 30.3 Å². The van der Waals surface area contributed by atoms with Crippen LogP contribution in [0.2, 0.25) is 0 Å². The number of nitrogens with zero attached hydrogens (tertiary/aromatic N) is 3. The van der Waals surface area contributed by atoms with Gasteiger partial charge in [-0.2, -0.15) is 0 Å². The standard InChI is InChI=1S/C19H29N3O3/c1-16(19(24)22-11-13-25-14-12-22)21-9-7-20(8-10-21)15-18(23)17-5-3-2-4-6-17/h2-6,16,18,23H,7-15H2,1H3/t16-,18-/m0/s1. The van der Waals surface area contributed by atoms with Crippen molar-refractivity contribution in [3.63, 3.8) is 0 Å². The van der Waals surface area contributed by atoms with E-state index in [4.69, 9.17) is 4.74 Å². The minimum Gasteiger partial charge on any atom is -0.387 e. The number of β-amino-alcohol motifs (C(OH)–C–C–N with tert-alkyl or cyclic N) is 1. The predicted octanol–water partition coefficient (Wildman–Crippen LogP) is 0.585. The van der Waals surface area contributed by atoms with E-state index in [9.17, 15) is 9.90 Å². The summed E-state index contributed by atoms with van der Waals surface area (Å²) in [6, 6.07) is 9.71. The summed E-state index contributed by atoms with van der Waals surface area (Å²) in [6.45, 7) is 8.81. The molecule has 3 rings (SSSR count). The topological polar surface area (TPSA) is 56.2 Å². The highest BCUT2D eigenvalue weighted by Crippen LogP contribution is 2.16. The number of carbonyl (C=O) groups is 1. The highest BCUT2D eigenvalue weighted by atomic mass is 16.5. The predicted molar refractivity (Wildman–Crippen MR) is 96.3 cm³/mol. The van der Waals surface area contributed by atoms with Crippen molar-refractivity contribution in [1.82, 2.24) is 14.7 Å². The molecule has 2 heterocycles. The zero-order valence-electron chi connectivity index (χ0n) is 15.0. The Hall–Kier alpha value is -1.47. The Morgan fingerprint density at radius 1 is 1.08 bits per heavy atom. The molecule has 0 saturated carbocycles. The van der Waals surface area contributed by atoms with Gasteiger partial charge < -0.3 is 14.7 Å². The summed E-state index contributed by atoms with van der Waals surface area (Å²) in [6.07, 6.45) is -0.458. The van der Waals surface area contributed by atoms with Crippen LogP contribution >= 0.6 is 0 Å². The van der Waals surface area contributed by atoms with Crippen LogP contribution in [0.1, 0.15) is 18.6 Å². The van der Waals surface area contributed by atoms with Gasteiger partial charge in [0.1, 0.15) is 0 Å². The van der Waals surface area contributed by atoms with Crippen LogP contribution in [0.3, 0.4) is 0 Å². The number of ether oxygens (including phenoxy) is 1. The van der Waals surface area contributed by atoms with Gasteiger partial charge in [0.25, 0.3) is 0 Å². The number of aliphatic hydroxyl groups is 1. The Labute approximate surface area is 150 Å². The molecular weight excluding hydrogens is 318 g/mol. The van der Waals surface area contributed by atoms with E-state index in [0.29, 0.717) is 32.8 Å². The van der Waals surface area contributed by atoms with E-state index in [-0.39, 0.29) is 11.9 Å². The molecule has 2 saturated heterocycles. The fraction of sp³-hybridized carbons (Fsp3) is 0.632. The van der Waals surface area contributed by atoms with Crippen molar-refractivity contribution in [1.29, 1.82) is 0 Å². The molecule has 0 spiro atoms. The van der Waals surface area contributed by atoms with Crippen LogP contribution in [0.4, 0.5) is 0 Å². The lowest BCUT2D eigenvalue weighted by atomic mass is 10.1. The summed E-state index contributed by atoms with van der Waals surface area (Å²) in [5, 5.41) is 10.4. The fourth-order valence-corrected chi connectivity index (χ4v) is 3.56. The van der Waals surface area contributed by atoms with Gasteiger partial charge in [-0.05, 0) is 12.5 Å². The normalized spacial score (nSPS) is 22.6. The van der Waals surface area contributed by atoms with Gasteiger partial charge in [-0.3, -0.25) is 14.6 Å². The van der Waals surface area contributed by atoms with Gasteiger partial charge in [-0.25, -0.2) is 0 Å². The van der Waals surface area contributed by atoms with E-state index in [1.54, 1.807) is 0 Å². The summed E-state index contributed by atoms with van der Waals surface area (Å²) in [5.41, 5.74) is 0.959. The van der Waals surface area contributed by atoms with Gasteiger partial charge in [0.15, 0.2) is 0 Å². The van der Waals surface area contributed by atoms with Crippen LogP contribution in [-0.4, -0.2) is 90.8 Å². The van der Waals surface area contributed by atoms with E-state index >= 15 is 0 Å². The molecule has 2 atom stereocenters. The Kier molecular flexibility index (Phi) is 6.42. The van der Waals surface area contributed by atoms with Crippen molar-refractivity contribution in [2.75, 3.05) is 59.0 Å². The average Bonchev–Trinajstić information content (AvgIpc) is 2.69. The number of hydrogen-bond donors (Lipinski definition) is 1. The molecule has 1 aromatic rings. The fourth-order valence-electron chi connectivity index (χ4n) is 3.56. The van der Waals surface area contributed by atoms with Crippen molar-refractivity contribution in [2.45, 2.75) is 19.1 Å². The van der Waals surface area contributed by atoms with E-state index < -0.39 is 6.10 Å². The number of benzene rings is 1. The summed E-state index contributed by atoms with van der Waals surface area (Å²) in [7, 11) is 0. The molecule has 1 N–H and O–H groups in total. The maximum Gasteiger partial charge on any atom is 0.239 e. The zero-order chi connectivity index (χ0) is 17.6. The molecule has 0 bridgehead atoms. The first-order valence-electron chi connectivity index (χ1n) is 9.21. The Morgan fingerprint density at radius 2 is 1.72 bits per heavy atom. The molecule has 0 unspecified atom stereocenters. The van der Waals surface area contributed by atoms with Crippen molar-refractivity contribution in [3.8, 4) is 0 Å². The van der Waals surface area contributed by atoms with Crippen LogP contribution in [0, 0.1) is 0 Å². The molecule has 0 radical (unpaired) electrons. The van der Waals surface area contributed by atoms with Gasteiger partial charge in [0.2, 0.25) is 5.91 Å². The Bertz CT molecular complexity index is 540. The first-order valence-corrected chi connectivity index (χ1v) is 9.21. The number of aliphatic hydroxyl groups excluding tert-OH is 1. The third-order valence-electron chi connectivity index (χ3n) is 5.25. The molecule has 6 nitrogen and oxygen atoms in total. The van der Waals surface area contributed by atoms with Gasteiger partial charge in [-0.1, -0.05) is 30.3 Å². The molecule has 2 fully saturated rings. The molecule has 0 aromatic heterocycles. The first-order chi connectivity index (χ1) is 12.1. The van der Waals surface area contributed by atoms with E-state index in [1.165, 1.54) is 0 Å². The summed E-state index contributed by atoms with van der Waals surface area (Å²) in [4.78, 5) is 19.1. The Balaban J connectivity index is 1.45. The first kappa shape index (κ1) is 18.3. The van der Waals surface area contributed by atoms with Crippen LogP contribution < -0.4 is 0 Å². The van der Waals surface area contributed by atoms with Crippen molar-refractivity contribution in [3.05, 3.63) is 35.9 Å². The smallest absolute Gasteiger partial charge is 0.239 e. The van der Waals surface area contributed by atoms with E-state index in [0.717, 1.165) is 31.7 Å². The van der Waals surface area contributed by atoms with Gasteiger partial charge in [0.05, 0.1) is 25.4 Å². The quantitative estimate of drug-likeness (QED) is 0.845. The second-order valence-corrected chi connectivity index (χ2v) is 6.88. The van der Waals surface area contributed by atoms with Crippen LogP contribution in [0.5, 0.6) is 0 Å². The second-order valence-electron chi connectivity index (χ2n) is 6.88. The number of carbonyl (C=O) groups excluding carboxylic acids is 1. The maximum absolute atomic E-state index is 12.6. The van der Waals surface area contributed by atoms with Crippen LogP contribution in [0.25, 0.3) is 0 Å². The molecule has 1 amide bonds. The molecule has 2 aliphatic rings. The lowest BCUT2D eigenvalue weighted by Gasteiger charge is -2.40. The van der Waals surface area contributed by atoms with E-state index in [1.807, 2.05) is 42.2 Å². The molecule has 6 heteroatoms. The molecule has 25 heavy (non-hydrogen) atoms. The molecule has 138 valence electrons. The largest absolute Gasteiger partial charge is 0.387 e. The third kappa shape index (κ3) is 4.79. The molecule has 1 aromatic carbocycles. The minimum absolute atomic E-state index is 0.0840. The third-order valence-corrected chi connectivity index (χ3v) is 5.25. The second kappa shape index (κ2) is 8.76. The SMILES string of the molecule is C[C@@H](C(=O)N1CCOCC1)N1CCN(C[C@H](O)c2ccccc2)CC1. The maximum atomic E-state index is 12.6.